The number of ether oxygens (including phenoxy) is 1. The lowest BCUT2D eigenvalue weighted by atomic mass is 9.82. The second kappa shape index (κ2) is 13.1. The van der Waals surface area contributed by atoms with Gasteiger partial charge in [-0.25, -0.2) is 4.39 Å². The molecule has 2 atom stereocenters. The van der Waals surface area contributed by atoms with Gasteiger partial charge < -0.3 is 9.64 Å². The van der Waals surface area contributed by atoms with Gasteiger partial charge in [0.15, 0.2) is 5.82 Å². The lowest BCUT2D eigenvalue weighted by Gasteiger charge is -2.40. The van der Waals surface area contributed by atoms with Crippen molar-refractivity contribution in [2.45, 2.75) is 70.4 Å². The Labute approximate surface area is 220 Å². The summed E-state index contributed by atoms with van der Waals surface area (Å²) in [6.45, 7) is 6.60. The van der Waals surface area contributed by atoms with Gasteiger partial charge in [-0.1, -0.05) is 26.0 Å². The number of hydrogen-bond donors (Lipinski definition) is 1. The Bertz CT molecular complexity index is 1080. The summed E-state index contributed by atoms with van der Waals surface area (Å²) in [6, 6.07) is 10.5. The normalized spacial score (nSPS) is 24.9. The average molecular weight is 534 g/mol. The van der Waals surface area contributed by atoms with Crippen LogP contribution in [0.5, 0.6) is 0 Å². The molecule has 1 saturated carbocycles. The third kappa shape index (κ3) is 7.46. The smallest absolute Gasteiger partial charge is 0.279 e. The van der Waals surface area contributed by atoms with Crippen molar-refractivity contribution in [3.8, 4) is 0 Å². The fourth-order valence-corrected chi connectivity index (χ4v) is 7.18. The Balaban J connectivity index is 1.39. The minimum Gasteiger partial charge on any atom is -0.378 e. The van der Waals surface area contributed by atoms with Gasteiger partial charge in [0.05, 0.1) is 12.7 Å². The summed E-state index contributed by atoms with van der Waals surface area (Å²) >= 11 is 0. The molecular formula is C27H40FN5O3S. The number of piperidine rings is 1. The van der Waals surface area contributed by atoms with Crippen molar-refractivity contribution >= 4 is 16.0 Å². The standard InChI is InChI=1S/C27H40FN5O3S/c1-3-16-33(4-2)37(34,35)31-26-14-17-32(27-9-6-15-29-30-27)19-23(26)20-36-25-12-10-21(11-13-25)22-7-5-8-24(28)18-22/h5-9,15,18,21,23,25-26,31H,3-4,10-14,16-17,19-20H2,1-2H3/t21?,23-,25?,26-/m0/s1. The van der Waals surface area contributed by atoms with E-state index < -0.39 is 10.2 Å². The Morgan fingerprint density at radius 1 is 1.14 bits per heavy atom. The lowest BCUT2D eigenvalue weighted by Crippen LogP contribution is -2.55. The van der Waals surface area contributed by atoms with Crippen LogP contribution in [0.25, 0.3) is 0 Å². The molecule has 8 nitrogen and oxygen atoms in total. The number of nitrogens with zero attached hydrogens (tertiary/aromatic N) is 4. The van der Waals surface area contributed by atoms with Gasteiger partial charge in [0.2, 0.25) is 0 Å². The van der Waals surface area contributed by atoms with Gasteiger partial charge in [-0.05, 0) is 74.3 Å². The van der Waals surface area contributed by atoms with E-state index in [0.717, 1.165) is 43.5 Å². The molecule has 1 aromatic carbocycles. The summed E-state index contributed by atoms with van der Waals surface area (Å²) in [4.78, 5) is 2.16. The van der Waals surface area contributed by atoms with Crippen LogP contribution in [-0.2, 0) is 14.9 Å². The van der Waals surface area contributed by atoms with Crippen LogP contribution in [0.3, 0.4) is 0 Å². The minimum absolute atomic E-state index is 0.0215. The van der Waals surface area contributed by atoms with Crippen LogP contribution in [0.1, 0.15) is 63.9 Å². The molecule has 2 aliphatic rings. The van der Waals surface area contributed by atoms with Crippen molar-refractivity contribution in [3.63, 3.8) is 0 Å². The number of aromatic nitrogens is 2. The van der Waals surface area contributed by atoms with Crippen molar-refractivity contribution in [2.24, 2.45) is 5.92 Å². The van der Waals surface area contributed by atoms with Crippen molar-refractivity contribution in [2.75, 3.05) is 37.7 Å². The number of hydrogen-bond acceptors (Lipinski definition) is 6. The highest BCUT2D eigenvalue weighted by molar-refractivity contribution is 7.87. The van der Waals surface area contributed by atoms with E-state index in [1.807, 2.05) is 32.0 Å². The lowest BCUT2D eigenvalue weighted by molar-refractivity contribution is -0.00226. The first-order valence-corrected chi connectivity index (χ1v) is 15.0. The molecule has 1 saturated heterocycles. The van der Waals surface area contributed by atoms with Crippen LogP contribution < -0.4 is 9.62 Å². The van der Waals surface area contributed by atoms with E-state index in [1.165, 1.54) is 10.4 Å². The zero-order valence-corrected chi connectivity index (χ0v) is 22.7. The molecule has 0 amide bonds. The highest BCUT2D eigenvalue weighted by Gasteiger charge is 2.35. The fourth-order valence-electron chi connectivity index (χ4n) is 5.57. The number of halogens is 1. The first kappa shape index (κ1) is 27.9. The van der Waals surface area contributed by atoms with Gasteiger partial charge in [0.25, 0.3) is 10.2 Å². The van der Waals surface area contributed by atoms with Gasteiger partial charge in [-0.3, -0.25) is 0 Å². The highest BCUT2D eigenvalue weighted by Crippen LogP contribution is 2.35. The molecule has 2 heterocycles. The molecule has 2 aromatic rings. The molecule has 0 radical (unpaired) electrons. The second-order valence-corrected chi connectivity index (χ2v) is 11.9. The van der Waals surface area contributed by atoms with Gasteiger partial charge in [-0.15, -0.1) is 5.10 Å². The van der Waals surface area contributed by atoms with Gasteiger partial charge in [0, 0.05) is 44.3 Å². The molecule has 1 aliphatic heterocycles. The van der Waals surface area contributed by atoms with Crippen LogP contribution in [0.4, 0.5) is 10.2 Å². The molecule has 1 N–H and O–H groups in total. The summed E-state index contributed by atoms with van der Waals surface area (Å²) in [6.07, 6.45) is 6.96. The van der Waals surface area contributed by atoms with E-state index in [0.29, 0.717) is 45.1 Å². The number of nitrogens with one attached hydrogen (secondary N) is 1. The topological polar surface area (TPSA) is 87.7 Å². The molecule has 0 bridgehead atoms. The van der Waals surface area contributed by atoms with E-state index in [-0.39, 0.29) is 23.9 Å². The van der Waals surface area contributed by atoms with E-state index in [1.54, 1.807) is 18.3 Å². The summed E-state index contributed by atoms with van der Waals surface area (Å²) in [7, 11) is -3.58. The molecule has 2 fully saturated rings. The van der Waals surface area contributed by atoms with E-state index in [9.17, 15) is 12.8 Å². The summed E-state index contributed by atoms with van der Waals surface area (Å²) in [5.41, 5.74) is 1.06. The molecule has 1 aliphatic carbocycles. The summed E-state index contributed by atoms with van der Waals surface area (Å²) < 4.78 is 50.8. The molecule has 37 heavy (non-hydrogen) atoms. The Morgan fingerprint density at radius 2 is 1.95 bits per heavy atom. The molecule has 1 aromatic heterocycles. The maximum Gasteiger partial charge on any atom is 0.279 e. The van der Waals surface area contributed by atoms with Crippen molar-refractivity contribution in [1.82, 2.24) is 19.2 Å². The molecule has 10 heteroatoms. The van der Waals surface area contributed by atoms with E-state index in [4.69, 9.17) is 4.74 Å². The molecule has 0 spiro atoms. The quantitative estimate of drug-likeness (QED) is 0.468. The monoisotopic (exact) mass is 533 g/mol. The highest BCUT2D eigenvalue weighted by atomic mass is 32.2. The Morgan fingerprint density at radius 3 is 2.62 bits per heavy atom. The number of benzene rings is 1. The Kier molecular flexibility index (Phi) is 9.86. The van der Waals surface area contributed by atoms with Crippen molar-refractivity contribution in [3.05, 3.63) is 54.0 Å². The predicted molar refractivity (Wildman–Crippen MR) is 143 cm³/mol. The van der Waals surface area contributed by atoms with E-state index in [2.05, 4.69) is 19.8 Å². The van der Waals surface area contributed by atoms with Crippen molar-refractivity contribution < 1.29 is 17.5 Å². The fraction of sp³-hybridized carbons (Fsp3) is 0.630. The minimum atomic E-state index is -3.58. The predicted octanol–water partition coefficient (Wildman–Crippen LogP) is 4.12. The first-order valence-electron chi connectivity index (χ1n) is 13.6. The van der Waals surface area contributed by atoms with Crippen LogP contribution in [-0.4, -0.2) is 67.9 Å². The largest absolute Gasteiger partial charge is 0.378 e. The number of rotatable bonds is 11. The SMILES string of the molecule is CCCN(CC)S(=O)(=O)N[C@H]1CCN(c2cccnn2)C[C@H]1COC1CCC(c2cccc(F)c2)CC1. The van der Waals surface area contributed by atoms with Crippen molar-refractivity contribution in [1.29, 1.82) is 0 Å². The molecular weight excluding hydrogens is 493 g/mol. The van der Waals surface area contributed by atoms with Crippen LogP contribution in [0.2, 0.25) is 0 Å². The first-order chi connectivity index (χ1) is 17.9. The van der Waals surface area contributed by atoms with Gasteiger partial charge in [0.1, 0.15) is 5.82 Å². The molecule has 4 rings (SSSR count). The van der Waals surface area contributed by atoms with Crippen LogP contribution >= 0.6 is 0 Å². The maximum absolute atomic E-state index is 13.7. The maximum atomic E-state index is 13.7. The third-order valence-corrected chi connectivity index (χ3v) is 9.34. The van der Waals surface area contributed by atoms with E-state index >= 15 is 0 Å². The number of anilines is 1. The average Bonchev–Trinajstić information content (AvgIpc) is 2.91. The summed E-state index contributed by atoms with van der Waals surface area (Å²) in [5, 5.41) is 8.27. The van der Waals surface area contributed by atoms with Crippen LogP contribution in [0.15, 0.2) is 42.6 Å². The van der Waals surface area contributed by atoms with Gasteiger partial charge >= 0.3 is 0 Å². The second-order valence-electron chi connectivity index (χ2n) is 10.2. The van der Waals surface area contributed by atoms with Crippen LogP contribution in [0, 0.1) is 11.7 Å². The molecule has 0 unspecified atom stereocenters. The summed E-state index contributed by atoms with van der Waals surface area (Å²) in [5.74, 6) is 0.947. The third-order valence-electron chi connectivity index (χ3n) is 7.62. The molecule has 204 valence electrons. The zero-order valence-electron chi connectivity index (χ0n) is 21.9. The van der Waals surface area contributed by atoms with Gasteiger partial charge in [-0.2, -0.15) is 22.5 Å². The Hall–Kier alpha value is -2.14. The zero-order chi connectivity index (χ0) is 26.3.